The Hall–Kier alpha value is -2.04. The Balaban J connectivity index is 2.12. The van der Waals surface area contributed by atoms with Crippen LogP contribution < -0.4 is 10.1 Å². The number of ether oxygens (including phenoxy) is 1. The van der Waals surface area contributed by atoms with Crippen LogP contribution >= 0.6 is 0 Å². The van der Waals surface area contributed by atoms with E-state index in [0.717, 1.165) is 0 Å². The van der Waals surface area contributed by atoms with Crippen LogP contribution in [0.2, 0.25) is 0 Å². The maximum absolute atomic E-state index is 12.3. The number of carbonyl (C=O) groups is 2. The Morgan fingerprint density at radius 3 is 2.89 bits per heavy atom. The second kappa shape index (κ2) is 5.73. The number of hydrogen-bond donors (Lipinski definition) is 1. The van der Waals surface area contributed by atoms with Gasteiger partial charge in [0.2, 0.25) is 5.91 Å². The molecule has 2 rings (SSSR count). The number of nitrogens with zero attached hydrogens (tertiary/aromatic N) is 1. The van der Waals surface area contributed by atoms with Gasteiger partial charge in [-0.2, -0.15) is 0 Å². The van der Waals surface area contributed by atoms with Crippen molar-refractivity contribution in [3.63, 3.8) is 0 Å². The molecule has 0 unspecified atom stereocenters. The van der Waals surface area contributed by atoms with Crippen molar-refractivity contribution in [2.75, 3.05) is 19.6 Å². The normalized spacial score (nSPS) is 15.3. The number of amides is 2. The van der Waals surface area contributed by atoms with Crippen molar-refractivity contribution in [3.05, 3.63) is 29.8 Å². The summed E-state index contributed by atoms with van der Waals surface area (Å²) < 4.78 is 5.56. The summed E-state index contributed by atoms with van der Waals surface area (Å²) >= 11 is 0. The molecule has 0 spiro atoms. The first-order valence-corrected chi connectivity index (χ1v) is 6.39. The van der Waals surface area contributed by atoms with E-state index in [4.69, 9.17) is 4.74 Å². The Morgan fingerprint density at radius 1 is 1.42 bits per heavy atom. The van der Waals surface area contributed by atoms with E-state index in [9.17, 15) is 9.59 Å². The molecule has 5 nitrogen and oxygen atoms in total. The molecular formula is C14H18N2O3. The van der Waals surface area contributed by atoms with Crippen molar-refractivity contribution in [2.45, 2.75) is 20.0 Å². The maximum atomic E-state index is 12.3. The van der Waals surface area contributed by atoms with Gasteiger partial charge < -0.3 is 15.0 Å². The van der Waals surface area contributed by atoms with Gasteiger partial charge >= 0.3 is 0 Å². The van der Waals surface area contributed by atoms with Crippen LogP contribution in [0, 0.1) is 0 Å². The highest BCUT2D eigenvalue weighted by atomic mass is 16.5. The first-order chi connectivity index (χ1) is 9.06. The van der Waals surface area contributed by atoms with E-state index in [0.29, 0.717) is 24.4 Å². The van der Waals surface area contributed by atoms with Gasteiger partial charge in [-0.05, 0) is 32.0 Å². The van der Waals surface area contributed by atoms with Gasteiger partial charge in [-0.25, -0.2) is 0 Å². The Kier molecular flexibility index (Phi) is 4.04. The monoisotopic (exact) mass is 262 g/mol. The van der Waals surface area contributed by atoms with E-state index in [1.54, 1.807) is 23.1 Å². The highest BCUT2D eigenvalue weighted by Gasteiger charge is 2.22. The summed E-state index contributed by atoms with van der Waals surface area (Å²) in [5, 5.41) is 2.70. The molecule has 19 heavy (non-hydrogen) atoms. The lowest BCUT2D eigenvalue weighted by atomic mass is 10.1. The summed E-state index contributed by atoms with van der Waals surface area (Å²) in [7, 11) is 0. The topological polar surface area (TPSA) is 58.6 Å². The van der Waals surface area contributed by atoms with Crippen molar-refractivity contribution >= 4 is 11.8 Å². The van der Waals surface area contributed by atoms with E-state index in [1.807, 2.05) is 19.9 Å². The first kappa shape index (κ1) is 13.4. The van der Waals surface area contributed by atoms with Crippen LogP contribution in [0.4, 0.5) is 0 Å². The summed E-state index contributed by atoms with van der Waals surface area (Å²) in [4.78, 5) is 25.1. The molecule has 1 N–H and O–H groups in total. The average molecular weight is 262 g/mol. The van der Waals surface area contributed by atoms with E-state index in [1.165, 1.54) is 0 Å². The molecule has 1 fully saturated rings. The van der Waals surface area contributed by atoms with E-state index >= 15 is 0 Å². The molecular weight excluding hydrogens is 244 g/mol. The van der Waals surface area contributed by atoms with Crippen LogP contribution in [-0.2, 0) is 4.79 Å². The smallest absolute Gasteiger partial charge is 0.254 e. The van der Waals surface area contributed by atoms with Gasteiger partial charge in [0.05, 0.1) is 12.6 Å². The van der Waals surface area contributed by atoms with Gasteiger partial charge in [-0.3, -0.25) is 9.59 Å². The molecule has 1 aromatic carbocycles. The second-order valence-corrected chi connectivity index (χ2v) is 4.77. The van der Waals surface area contributed by atoms with E-state index in [-0.39, 0.29) is 24.5 Å². The number of nitrogens with one attached hydrogen (secondary N) is 1. The minimum Gasteiger partial charge on any atom is -0.491 e. The molecule has 1 aliphatic rings. The zero-order valence-electron chi connectivity index (χ0n) is 11.2. The van der Waals surface area contributed by atoms with Crippen LogP contribution in [0.25, 0.3) is 0 Å². The van der Waals surface area contributed by atoms with Crippen molar-refractivity contribution in [3.8, 4) is 5.75 Å². The quantitative estimate of drug-likeness (QED) is 0.885. The summed E-state index contributed by atoms with van der Waals surface area (Å²) in [5.41, 5.74) is 0.549. The fraction of sp³-hybridized carbons (Fsp3) is 0.429. The number of piperazine rings is 1. The van der Waals surface area contributed by atoms with Crippen molar-refractivity contribution in [1.82, 2.24) is 10.2 Å². The highest BCUT2D eigenvalue weighted by molar-refractivity contribution is 5.97. The van der Waals surface area contributed by atoms with Crippen LogP contribution in [0.15, 0.2) is 24.3 Å². The summed E-state index contributed by atoms with van der Waals surface area (Å²) in [6.07, 6.45) is 0.0612. The molecule has 102 valence electrons. The zero-order valence-corrected chi connectivity index (χ0v) is 11.2. The van der Waals surface area contributed by atoms with Gasteiger partial charge in [0, 0.05) is 18.7 Å². The Bertz CT molecular complexity index is 485. The predicted molar refractivity (Wildman–Crippen MR) is 71.1 cm³/mol. The number of rotatable bonds is 3. The zero-order chi connectivity index (χ0) is 13.8. The minimum atomic E-state index is -0.135. The molecule has 0 aliphatic carbocycles. The first-order valence-electron chi connectivity index (χ1n) is 6.39. The molecule has 2 amide bonds. The van der Waals surface area contributed by atoms with Crippen LogP contribution in [0.3, 0.4) is 0 Å². The molecule has 0 aromatic heterocycles. The standard InChI is InChI=1S/C14H18N2O3/c1-10(2)19-12-5-3-4-11(8-12)14(18)16-7-6-15-13(17)9-16/h3-5,8,10H,6-7,9H2,1-2H3,(H,15,17). The molecule has 1 heterocycles. The molecule has 0 radical (unpaired) electrons. The lowest BCUT2D eigenvalue weighted by molar-refractivity contribution is -0.123. The van der Waals surface area contributed by atoms with Gasteiger partial charge in [0.1, 0.15) is 5.75 Å². The van der Waals surface area contributed by atoms with Gasteiger partial charge in [-0.1, -0.05) is 6.07 Å². The van der Waals surface area contributed by atoms with Gasteiger partial charge in [0.15, 0.2) is 0 Å². The second-order valence-electron chi connectivity index (χ2n) is 4.77. The van der Waals surface area contributed by atoms with Crippen molar-refractivity contribution in [1.29, 1.82) is 0 Å². The van der Waals surface area contributed by atoms with Crippen LogP contribution in [0.1, 0.15) is 24.2 Å². The molecule has 1 aliphatic heterocycles. The third-order valence-corrected chi connectivity index (χ3v) is 2.78. The maximum Gasteiger partial charge on any atom is 0.254 e. The molecule has 0 bridgehead atoms. The number of carbonyl (C=O) groups excluding carboxylic acids is 2. The Morgan fingerprint density at radius 2 is 2.21 bits per heavy atom. The largest absolute Gasteiger partial charge is 0.491 e. The number of hydrogen-bond acceptors (Lipinski definition) is 3. The number of benzene rings is 1. The van der Waals surface area contributed by atoms with Gasteiger partial charge in [0.25, 0.3) is 5.91 Å². The fourth-order valence-electron chi connectivity index (χ4n) is 1.97. The molecule has 0 atom stereocenters. The lowest BCUT2D eigenvalue weighted by Gasteiger charge is -2.26. The predicted octanol–water partition coefficient (Wildman–Crippen LogP) is 1.05. The summed E-state index contributed by atoms with van der Waals surface area (Å²) in [5.74, 6) is 0.417. The molecule has 1 saturated heterocycles. The fourth-order valence-corrected chi connectivity index (χ4v) is 1.97. The molecule has 0 saturated carbocycles. The molecule has 1 aromatic rings. The van der Waals surface area contributed by atoms with E-state index in [2.05, 4.69) is 5.32 Å². The van der Waals surface area contributed by atoms with E-state index < -0.39 is 0 Å². The summed E-state index contributed by atoms with van der Waals surface area (Å²) in [6, 6.07) is 7.06. The minimum absolute atomic E-state index is 0.0612. The molecule has 5 heteroatoms. The third kappa shape index (κ3) is 3.47. The SMILES string of the molecule is CC(C)Oc1cccc(C(=O)N2CCNC(=O)C2)c1. The average Bonchev–Trinajstić information content (AvgIpc) is 2.37. The van der Waals surface area contributed by atoms with Crippen LogP contribution in [-0.4, -0.2) is 42.5 Å². The summed E-state index contributed by atoms with van der Waals surface area (Å²) in [6.45, 7) is 5.04. The van der Waals surface area contributed by atoms with Gasteiger partial charge in [-0.15, -0.1) is 0 Å². The van der Waals surface area contributed by atoms with Crippen LogP contribution in [0.5, 0.6) is 5.75 Å². The Labute approximate surface area is 112 Å². The van der Waals surface area contributed by atoms with Crippen molar-refractivity contribution in [2.24, 2.45) is 0 Å². The van der Waals surface area contributed by atoms with Crippen molar-refractivity contribution < 1.29 is 14.3 Å². The third-order valence-electron chi connectivity index (χ3n) is 2.78. The lowest BCUT2D eigenvalue weighted by Crippen LogP contribution is -2.49. The highest BCUT2D eigenvalue weighted by Crippen LogP contribution is 2.16.